The van der Waals surface area contributed by atoms with E-state index in [1.807, 2.05) is 24.3 Å². The summed E-state index contributed by atoms with van der Waals surface area (Å²) >= 11 is 7.87. The SMILES string of the molecule is CC(=O)OCCC1CCN(C(=O)[C@H](Cc2nc3ccccc3s2)NS(=O)(=O)c2cc(Cl)cc3c2NCC(C)(C)C3)CC1. The summed E-state index contributed by atoms with van der Waals surface area (Å²) in [7, 11) is -4.14. The van der Waals surface area contributed by atoms with Gasteiger partial charge in [0.1, 0.15) is 10.9 Å². The monoisotopic (exact) mass is 632 g/mol. The van der Waals surface area contributed by atoms with Gasteiger partial charge in [-0.15, -0.1) is 11.3 Å². The number of hydrogen-bond donors (Lipinski definition) is 2. The fraction of sp³-hybridized carbons (Fsp3) is 0.500. The van der Waals surface area contributed by atoms with Gasteiger partial charge in [-0.1, -0.05) is 37.6 Å². The standard InChI is InChI=1S/C30H37ClN4O5S2/c1-19(36)40-13-10-20-8-11-35(12-9-20)29(37)24(16-27-33-23-6-4-5-7-25(23)41-27)34-42(38,39)26-15-22(31)14-21-17-30(2,3)18-32-28(21)26/h4-7,14-15,20,24,32,34H,8-13,16-18H2,1-3H3/t24-/m0/s1. The number of anilines is 1. The van der Waals surface area contributed by atoms with Crippen molar-refractivity contribution in [2.45, 2.75) is 63.8 Å². The van der Waals surface area contributed by atoms with E-state index in [0.717, 1.165) is 35.0 Å². The number of fused-ring (bicyclic) bond motifs is 2. The number of ether oxygens (including phenoxy) is 1. The molecular weight excluding hydrogens is 596 g/mol. The van der Waals surface area contributed by atoms with Crippen molar-refractivity contribution < 1.29 is 22.7 Å². The molecule has 3 aromatic rings. The fourth-order valence-electron chi connectivity index (χ4n) is 5.74. The van der Waals surface area contributed by atoms with Crippen LogP contribution in [0.15, 0.2) is 41.3 Å². The van der Waals surface area contributed by atoms with Crippen molar-refractivity contribution in [1.29, 1.82) is 0 Å². The zero-order valence-corrected chi connectivity index (χ0v) is 26.5. The molecule has 5 rings (SSSR count). The number of rotatable bonds is 9. The first kappa shape index (κ1) is 30.7. The number of aromatic nitrogens is 1. The molecule has 0 radical (unpaired) electrons. The average Bonchev–Trinajstić information content (AvgIpc) is 3.33. The highest BCUT2D eigenvalue weighted by molar-refractivity contribution is 7.89. The number of carbonyl (C=O) groups is 2. The molecule has 9 nitrogen and oxygen atoms in total. The van der Waals surface area contributed by atoms with Crippen LogP contribution in [0.1, 0.15) is 50.6 Å². The Hall–Kier alpha value is -2.73. The minimum absolute atomic E-state index is 0.0479. The molecule has 12 heteroatoms. The van der Waals surface area contributed by atoms with Crippen molar-refractivity contribution in [1.82, 2.24) is 14.6 Å². The lowest BCUT2D eigenvalue weighted by Gasteiger charge is -2.35. The Morgan fingerprint density at radius 2 is 1.98 bits per heavy atom. The normalized spacial score (nSPS) is 17.9. The number of piperidine rings is 1. The van der Waals surface area contributed by atoms with Crippen LogP contribution in [0.25, 0.3) is 10.2 Å². The lowest BCUT2D eigenvalue weighted by atomic mass is 9.82. The highest BCUT2D eigenvalue weighted by atomic mass is 35.5. The van der Waals surface area contributed by atoms with Crippen LogP contribution >= 0.6 is 22.9 Å². The Labute approximate surface area is 256 Å². The highest BCUT2D eigenvalue weighted by Gasteiger charge is 2.35. The maximum atomic E-state index is 14.0. The first-order chi connectivity index (χ1) is 19.9. The van der Waals surface area contributed by atoms with Gasteiger partial charge in [0.2, 0.25) is 15.9 Å². The predicted molar refractivity (Wildman–Crippen MR) is 165 cm³/mol. The van der Waals surface area contributed by atoms with Gasteiger partial charge in [-0.3, -0.25) is 9.59 Å². The van der Waals surface area contributed by atoms with Crippen LogP contribution in [0.5, 0.6) is 0 Å². The van der Waals surface area contributed by atoms with Crippen molar-refractivity contribution in [2.75, 3.05) is 31.6 Å². The van der Waals surface area contributed by atoms with E-state index in [4.69, 9.17) is 16.3 Å². The first-order valence-corrected chi connectivity index (χ1v) is 16.9. The van der Waals surface area contributed by atoms with Crippen LogP contribution in [0.3, 0.4) is 0 Å². The molecule has 1 atom stereocenters. The Balaban J connectivity index is 1.39. The third-order valence-electron chi connectivity index (χ3n) is 7.92. The topological polar surface area (TPSA) is 118 Å². The molecule has 1 fully saturated rings. The number of likely N-dealkylation sites (tertiary alicyclic amines) is 1. The van der Waals surface area contributed by atoms with Crippen LogP contribution in [-0.4, -0.2) is 62.5 Å². The van der Waals surface area contributed by atoms with Gasteiger partial charge < -0.3 is 15.0 Å². The van der Waals surface area contributed by atoms with Gasteiger partial charge in [0.25, 0.3) is 0 Å². The van der Waals surface area contributed by atoms with Crippen molar-refractivity contribution in [3.05, 3.63) is 52.0 Å². The molecule has 2 N–H and O–H groups in total. The van der Waals surface area contributed by atoms with Gasteiger partial charge in [-0.05, 0) is 66.8 Å². The van der Waals surface area contributed by atoms with Gasteiger partial charge in [-0.25, -0.2) is 13.4 Å². The summed E-state index contributed by atoms with van der Waals surface area (Å²) in [5, 5.41) is 4.32. The molecule has 226 valence electrons. The Kier molecular flexibility index (Phi) is 9.13. The van der Waals surface area contributed by atoms with Gasteiger partial charge >= 0.3 is 5.97 Å². The molecule has 2 aromatic carbocycles. The summed E-state index contributed by atoms with van der Waals surface area (Å²) in [6.45, 7) is 7.61. The van der Waals surface area contributed by atoms with Gasteiger partial charge in [-0.2, -0.15) is 4.72 Å². The smallest absolute Gasteiger partial charge is 0.302 e. The molecule has 0 spiro atoms. The number of nitrogens with zero attached hydrogens (tertiary/aromatic N) is 2. The van der Waals surface area contributed by atoms with Crippen LogP contribution in [0, 0.1) is 11.3 Å². The maximum Gasteiger partial charge on any atom is 0.302 e. The van der Waals surface area contributed by atoms with Crippen molar-refractivity contribution in [3.8, 4) is 0 Å². The number of sulfonamides is 1. The molecule has 0 aliphatic carbocycles. The first-order valence-electron chi connectivity index (χ1n) is 14.3. The summed E-state index contributed by atoms with van der Waals surface area (Å²) < 4.78 is 36.7. The van der Waals surface area contributed by atoms with E-state index in [1.165, 1.54) is 24.3 Å². The molecule has 2 aliphatic rings. The number of hydrogen-bond acceptors (Lipinski definition) is 8. The van der Waals surface area contributed by atoms with Crippen molar-refractivity contribution in [2.24, 2.45) is 11.3 Å². The zero-order chi connectivity index (χ0) is 30.1. The Morgan fingerprint density at radius 1 is 1.24 bits per heavy atom. The Morgan fingerprint density at radius 3 is 2.69 bits per heavy atom. The summed E-state index contributed by atoms with van der Waals surface area (Å²) in [4.78, 5) is 31.5. The summed E-state index contributed by atoms with van der Waals surface area (Å²) in [5.74, 6) is -0.241. The second-order valence-electron chi connectivity index (χ2n) is 12.0. The van der Waals surface area contributed by atoms with Gasteiger partial charge in [0, 0.05) is 38.0 Å². The van der Waals surface area contributed by atoms with Crippen LogP contribution in [-0.2, 0) is 37.2 Å². The molecule has 0 saturated carbocycles. The van der Waals surface area contributed by atoms with Crippen molar-refractivity contribution >= 4 is 60.7 Å². The number of thiazole rings is 1. The van der Waals surface area contributed by atoms with E-state index in [-0.39, 0.29) is 28.6 Å². The minimum Gasteiger partial charge on any atom is -0.466 e. The number of halogens is 1. The van der Waals surface area contributed by atoms with Crippen molar-refractivity contribution in [3.63, 3.8) is 0 Å². The third-order valence-corrected chi connectivity index (χ3v) is 10.7. The predicted octanol–water partition coefficient (Wildman–Crippen LogP) is 5.03. The van der Waals surface area contributed by atoms with Crippen LogP contribution in [0.4, 0.5) is 5.69 Å². The number of amides is 1. The molecule has 1 amide bonds. The average molecular weight is 633 g/mol. The summed E-state index contributed by atoms with van der Waals surface area (Å²) in [5.41, 5.74) is 2.13. The second kappa shape index (κ2) is 12.5. The quantitative estimate of drug-likeness (QED) is 0.318. The van der Waals surface area contributed by atoms with E-state index < -0.39 is 16.1 Å². The van der Waals surface area contributed by atoms with E-state index in [0.29, 0.717) is 54.3 Å². The number of esters is 1. The minimum atomic E-state index is -4.14. The largest absolute Gasteiger partial charge is 0.466 e. The fourth-order valence-corrected chi connectivity index (χ4v) is 8.50. The lowest BCUT2D eigenvalue weighted by Crippen LogP contribution is -2.51. The third kappa shape index (κ3) is 7.24. The van der Waals surface area contributed by atoms with Gasteiger partial charge in [0.15, 0.2) is 0 Å². The molecule has 1 aromatic heterocycles. The second-order valence-corrected chi connectivity index (χ2v) is 15.2. The molecule has 42 heavy (non-hydrogen) atoms. The number of benzene rings is 2. The Bertz CT molecular complexity index is 1550. The molecule has 3 heterocycles. The summed E-state index contributed by atoms with van der Waals surface area (Å²) in [6.07, 6.45) is 3.07. The molecule has 0 bridgehead atoms. The maximum absolute atomic E-state index is 14.0. The highest BCUT2D eigenvalue weighted by Crippen LogP contribution is 2.38. The van der Waals surface area contributed by atoms with E-state index >= 15 is 0 Å². The lowest BCUT2D eigenvalue weighted by molar-refractivity contribution is -0.141. The van der Waals surface area contributed by atoms with E-state index in [9.17, 15) is 18.0 Å². The van der Waals surface area contributed by atoms with Crippen LogP contribution < -0.4 is 10.0 Å². The van der Waals surface area contributed by atoms with E-state index in [1.54, 1.807) is 11.0 Å². The number of nitrogens with one attached hydrogen (secondary N) is 2. The summed E-state index contributed by atoms with van der Waals surface area (Å²) in [6, 6.07) is 9.91. The number of para-hydroxylation sites is 1. The number of carbonyl (C=O) groups excluding carboxylic acids is 2. The molecule has 1 saturated heterocycles. The molecule has 0 unspecified atom stereocenters. The molecule has 2 aliphatic heterocycles. The van der Waals surface area contributed by atoms with E-state index in [2.05, 4.69) is 28.9 Å². The van der Waals surface area contributed by atoms with Gasteiger partial charge in [0.05, 0.1) is 27.5 Å². The molecular formula is C30H37ClN4O5S2. The van der Waals surface area contributed by atoms with Crippen LogP contribution in [0.2, 0.25) is 5.02 Å². The zero-order valence-electron chi connectivity index (χ0n) is 24.1.